The maximum atomic E-state index is 12.3. The van der Waals surface area contributed by atoms with E-state index in [0.29, 0.717) is 11.5 Å². The zero-order valence-electron chi connectivity index (χ0n) is 14.3. The predicted molar refractivity (Wildman–Crippen MR) is 101 cm³/mol. The third-order valence-electron chi connectivity index (χ3n) is 4.23. The molecule has 1 atom stereocenters. The van der Waals surface area contributed by atoms with E-state index in [1.807, 2.05) is 67.6 Å². The summed E-state index contributed by atoms with van der Waals surface area (Å²) in [6.07, 6.45) is 0.862. The fraction of sp³-hybridized carbons (Fsp3) is 0.143. The summed E-state index contributed by atoms with van der Waals surface area (Å²) in [4.78, 5) is 12.3. The van der Waals surface area contributed by atoms with Crippen LogP contribution in [0.1, 0.15) is 11.1 Å². The summed E-state index contributed by atoms with van der Waals surface area (Å²) in [6, 6.07) is 19.6. The molecular weight excluding hydrogens is 328 g/mol. The van der Waals surface area contributed by atoms with Gasteiger partial charge in [-0.15, -0.1) is 0 Å². The van der Waals surface area contributed by atoms with E-state index in [4.69, 9.17) is 9.47 Å². The van der Waals surface area contributed by atoms with Gasteiger partial charge in [-0.3, -0.25) is 4.79 Å². The van der Waals surface area contributed by atoms with Gasteiger partial charge in [0.2, 0.25) is 6.10 Å². The van der Waals surface area contributed by atoms with Crippen molar-refractivity contribution in [2.24, 2.45) is 5.10 Å². The number of aryl methyl sites for hydroxylation is 1. The molecule has 1 N–H and O–H groups in total. The Balaban J connectivity index is 1.43. The van der Waals surface area contributed by atoms with Gasteiger partial charge in [0.15, 0.2) is 11.5 Å². The molecule has 130 valence electrons. The van der Waals surface area contributed by atoms with Crippen LogP contribution in [0.3, 0.4) is 0 Å². The summed E-state index contributed by atoms with van der Waals surface area (Å²) in [5.41, 5.74) is 4.59. The summed E-state index contributed by atoms with van der Waals surface area (Å²) in [5, 5.41) is 6.10. The molecule has 1 aliphatic rings. The molecule has 1 amide bonds. The molecule has 5 nitrogen and oxygen atoms in total. The van der Waals surface area contributed by atoms with Crippen LogP contribution in [0.4, 0.5) is 0 Å². The highest BCUT2D eigenvalue weighted by Gasteiger charge is 2.27. The van der Waals surface area contributed by atoms with Crippen molar-refractivity contribution in [3.8, 4) is 11.5 Å². The van der Waals surface area contributed by atoms with E-state index >= 15 is 0 Å². The molecule has 0 aliphatic carbocycles. The second kappa shape index (κ2) is 6.88. The number of hydrogen-bond acceptors (Lipinski definition) is 4. The van der Waals surface area contributed by atoms with Gasteiger partial charge in [-0.1, -0.05) is 54.1 Å². The van der Waals surface area contributed by atoms with Crippen molar-refractivity contribution in [2.75, 3.05) is 6.61 Å². The standard InChI is InChI=1S/C21H18N2O3/c1-14-6-8-15(9-7-14)12-22-23-21(24)20-13-25-18-10-16-4-2-3-5-17(16)11-19(18)26-20/h2-12,20H,13H2,1H3,(H,23,24). The number of amides is 1. The third-order valence-corrected chi connectivity index (χ3v) is 4.23. The molecule has 1 aliphatic heterocycles. The smallest absolute Gasteiger partial charge is 0.284 e. The quantitative estimate of drug-likeness (QED) is 0.584. The highest BCUT2D eigenvalue weighted by atomic mass is 16.6. The summed E-state index contributed by atoms with van der Waals surface area (Å²) < 4.78 is 11.5. The maximum absolute atomic E-state index is 12.3. The molecule has 5 heteroatoms. The molecule has 0 saturated heterocycles. The Hall–Kier alpha value is -3.34. The highest BCUT2D eigenvalue weighted by molar-refractivity contribution is 5.88. The first kappa shape index (κ1) is 16.1. The summed E-state index contributed by atoms with van der Waals surface area (Å²) in [5.74, 6) is 0.876. The van der Waals surface area contributed by atoms with Crippen LogP contribution in [0.2, 0.25) is 0 Å². The van der Waals surface area contributed by atoms with Gasteiger partial charge in [-0.2, -0.15) is 5.10 Å². The Labute approximate surface area is 151 Å². The number of ether oxygens (including phenoxy) is 2. The minimum atomic E-state index is -0.737. The molecule has 4 rings (SSSR count). The third kappa shape index (κ3) is 3.37. The van der Waals surface area contributed by atoms with Crippen LogP contribution in [0.15, 0.2) is 65.8 Å². The molecule has 3 aromatic carbocycles. The molecule has 26 heavy (non-hydrogen) atoms. The minimum Gasteiger partial charge on any atom is -0.485 e. The second-order valence-corrected chi connectivity index (χ2v) is 6.21. The Morgan fingerprint density at radius 1 is 1.08 bits per heavy atom. The average molecular weight is 346 g/mol. The molecule has 1 unspecified atom stereocenters. The number of benzene rings is 3. The van der Waals surface area contributed by atoms with Gasteiger partial charge in [0.1, 0.15) is 6.61 Å². The second-order valence-electron chi connectivity index (χ2n) is 6.21. The minimum absolute atomic E-state index is 0.150. The van der Waals surface area contributed by atoms with E-state index in [1.165, 1.54) is 5.56 Å². The van der Waals surface area contributed by atoms with E-state index in [9.17, 15) is 4.79 Å². The lowest BCUT2D eigenvalue weighted by Crippen LogP contribution is -2.42. The topological polar surface area (TPSA) is 59.9 Å². The van der Waals surface area contributed by atoms with Crippen molar-refractivity contribution in [3.63, 3.8) is 0 Å². The van der Waals surface area contributed by atoms with Crippen LogP contribution in [0, 0.1) is 6.92 Å². The van der Waals surface area contributed by atoms with Crippen molar-refractivity contribution in [3.05, 3.63) is 71.8 Å². The maximum Gasteiger partial charge on any atom is 0.284 e. The zero-order chi connectivity index (χ0) is 17.9. The molecule has 0 spiro atoms. The van der Waals surface area contributed by atoms with Crippen molar-refractivity contribution in [2.45, 2.75) is 13.0 Å². The number of hydrogen-bond donors (Lipinski definition) is 1. The normalized spacial score (nSPS) is 16.0. The van der Waals surface area contributed by atoms with E-state index in [-0.39, 0.29) is 12.5 Å². The molecular formula is C21H18N2O3. The fourth-order valence-corrected chi connectivity index (χ4v) is 2.78. The van der Waals surface area contributed by atoms with Crippen LogP contribution in [0.25, 0.3) is 10.8 Å². The van der Waals surface area contributed by atoms with Crippen molar-refractivity contribution in [1.82, 2.24) is 5.43 Å². The number of carbonyl (C=O) groups is 1. The van der Waals surface area contributed by atoms with Crippen molar-refractivity contribution in [1.29, 1.82) is 0 Å². The lowest BCUT2D eigenvalue weighted by atomic mass is 10.1. The Kier molecular flexibility index (Phi) is 4.27. The van der Waals surface area contributed by atoms with Crippen LogP contribution in [-0.2, 0) is 4.79 Å². The zero-order valence-corrected chi connectivity index (χ0v) is 14.3. The molecule has 0 aromatic heterocycles. The molecule has 3 aromatic rings. The van der Waals surface area contributed by atoms with Crippen LogP contribution in [0.5, 0.6) is 11.5 Å². The van der Waals surface area contributed by atoms with Gasteiger partial charge in [-0.25, -0.2) is 5.43 Å². The Morgan fingerprint density at radius 3 is 2.50 bits per heavy atom. The Bertz CT molecular complexity index is 980. The number of fused-ring (bicyclic) bond motifs is 2. The molecule has 1 heterocycles. The van der Waals surface area contributed by atoms with Gasteiger partial charge in [0.05, 0.1) is 6.21 Å². The van der Waals surface area contributed by atoms with Crippen molar-refractivity contribution >= 4 is 22.9 Å². The molecule has 0 radical (unpaired) electrons. The number of nitrogens with one attached hydrogen (secondary N) is 1. The van der Waals surface area contributed by atoms with Gasteiger partial charge < -0.3 is 9.47 Å². The number of nitrogens with zero attached hydrogens (tertiary/aromatic N) is 1. The number of hydrazone groups is 1. The summed E-state index contributed by atoms with van der Waals surface area (Å²) in [7, 11) is 0. The first-order chi connectivity index (χ1) is 12.7. The van der Waals surface area contributed by atoms with Crippen LogP contribution >= 0.6 is 0 Å². The van der Waals surface area contributed by atoms with Crippen molar-refractivity contribution < 1.29 is 14.3 Å². The first-order valence-corrected chi connectivity index (χ1v) is 8.41. The molecule has 0 fully saturated rings. The lowest BCUT2D eigenvalue weighted by Gasteiger charge is -2.25. The van der Waals surface area contributed by atoms with E-state index in [1.54, 1.807) is 6.21 Å². The lowest BCUT2D eigenvalue weighted by molar-refractivity contribution is -0.130. The Morgan fingerprint density at radius 2 is 1.77 bits per heavy atom. The van der Waals surface area contributed by atoms with Crippen LogP contribution < -0.4 is 14.9 Å². The van der Waals surface area contributed by atoms with E-state index in [0.717, 1.165) is 16.3 Å². The predicted octanol–water partition coefficient (Wildman–Crippen LogP) is 3.44. The monoisotopic (exact) mass is 346 g/mol. The van der Waals surface area contributed by atoms with Gasteiger partial charge in [0.25, 0.3) is 5.91 Å². The number of carbonyl (C=O) groups excluding carboxylic acids is 1. The van der Waals surface area contributed by atoms with Crippen LogP contribution in [-0.4, -0.2) is 24.8 Å². The molecule has 0 saturated carbocycles. The van der Waals surface area contributed by atoms with Gasteiger partial charge >= 0.3 is 0 Å². The van der Waals surface area contributed by atoms with Gasteiger partial charge in [-0.05, 0) is 35.4 Å². The first-order valence-electron chi connectivity index (χ1n) is 8.41. The fourth-order valence-electron chi connectivity index (χ4n) is 2.78. The average Bonchev–Trinajstić information content (AvgIpc) is 2.67. The molecule has 0 bridgehead atoms. The van der Waals surface area contributed by atoms with Gasteiger partial charge in [0, 0.05) is 0 Å². The summed E-state index contributed by atoms with van der Waals surface area (Å²) in [6.45, 7) is 2.17. The SMILES string of the molecule is Cc1ccc(C=NNC(=O)C2COc3cc4ccccc4cc3O2)cc1. The van der Waals surface area contributed by atoms with E-state index in [2.05, 4.69) is 10.5 Å². The summed E-state index contributed by atoms with van der Waals surface area (Å²) >= 11 is 0. The largest absolute Gasteiger partial charge is 0.485 e. The number of rotatable bonds is 3. The highest BCUT2D eigenvalue weighted by Crippen LogP contribution is 2.35. The van der Waals surface area contributed by atoms with E-state index < -0.39 is 6.10 Å².